The quantitative estimate of drug-likeness (QED) is 0.376. The van der Waals surface area contributed by atoms with E-state index >= 15 is 0 Å². The van der Waals surface area contributed by atoms with E-state index in [0.717, 1.165) is 4.47 Å². The number of hydrogen-bond donors (Lipinski definition) is 3. The molecular weight excluding hydrogens is 485 g/mol. The summed E-state index contributed by atoms with van der Waals surface area (Å²) >= 11 is 8.81. The molecule has 0 bridgehead atoms. The first-order valence-electron chi connectivity index (χ1n) is 9.06. The Balaban J connectivity index is 1.63. The fourth-order valence-electron chi connectivity index (χ4n) is 2.72. The normalized spacial score (nSPS) is 10.2. The predicted molar refractivity (Wildman–Crippen MR) is 128 cm³/mol. The summed E-state index contributed by atoms with van der Waals surface area (Å²) in [5, 5.41) is 9.14. The fourth-order valence-corrected chi connectivity index (χ4v) is 3.46. The van der Waals surface area contributed by atoms with Crippen molar-refractivity contribution in [1.82, 2.24) is 0 Å². The van der Waals surface area contributed by atoms with Crippen molar-refractivity contribution in [3.8, 4) is 11.5 Å². The summed E-state index contributed by atoms with van der Waals surface area (Å²) in [4.78, 5) is 12.2. The molecule has 0 heterocycles. The standard InChI is InChI=1S/C22H19BrFN3O3S/c1-29-19-12-20(30-2)18(11-16(19)23)27-22(31)26-14-9-7-13(8-10-14)25-21(28)15-5-3-4-6-17(15)24/h3-12H,1-2H3,(H,25,28)(H2,26,27,31). The number of halogens is 2. The molecule has 0 saturated carbocycles. The SMILES string of the molecule is COc1cc(OC)c(NC(=S)Nc2ccc(NC(=O)c3ccccc3F)cc2)cc1Br. The van der Waals surface area contributed by atoms with Gasteiger partial charge in [0.05, 0.1) is 29.9 Å². The summed E-state index contributed by atoms with van der Waals surface area (Å²) in [6.07, 6.45) is 0. The van der Waals surface area contributed by atoms with Gasteiger partial charge in [0, 0.05) is 17.4 Å². The molecule has 0 aromatic heterocycles. The highest BCUT2D eigenvalue weighted by Gasteiger charge is 2.12. The Kier molecular flexibility index (Phi) is 7.43. The van der Waals surface area contributed by atoms with E-state index in [1.807, 2.05) is 0 Å². The summed E-state index contributed by atoms with van der Waals surface area (Å²) in [6.45, 7) is 0. The zero-order chi connectivity index (χ0) is 22.4. The lowest BCUT2D eigenvalue weighted by Gasteiger charge is -2.15. The lowest BCUT2D eigenvalue weighted by molar-refractivity contribution is 0.102. The summed E-state index contributed by atoms with van der Waals surface area (Å²) in [5.74, 6) is 0.105. The van der Waals surface area contributed by atoms with Gasteiger partial charge in [-0.25, -0.2) is 4.39 Å². The van der Waals surface area contributed by atoms with Gasteiger partial charge in [0.25, 0.3) is 5.91 Å². The Morgan fingerprint density at radius 2 is 1.52 bits per heavy atom. The number of benzene rings is 3. The molecule has 0 unspecified atom stereocenters. The van der Waals surface area contributed by atoms with Crippen molar-refractivity contribution in [2.24, 2.45) is 0 Å². The van der Waals surface area contributed by atoms with E-state index in [1.165, 1.54) is 18.2 Å². The maximum absolute atomic E-state index is 13.7. The summed E-state index contributed by atoms with van der Waals surface area (Å²) in [5.41, 5.74) is 1.86. The van der Waals surface area contributed by atoms with Gasteiger partial charge in [-0.1, -0.05) is 12.1 Å². The number of nitrogens with one attached hydrogen (secondary N) is 3. The van der Waals surface area contributed by atoms with E-state index in [4.69, 9.17) is 21.7 Å². The second kappa shape index (κ2) is 10.2. The Labute approximate surface area is 192 Å². The smallest absolute Gasteiger partial charge is 0.258 e. The molecule has 0 atom stereocenters. The van der Waals surface area contributed by atoms with Gasteiger partial charge in [0.15, 0.2) is 5.11 Å². The average molecular weight is 504 g/mol. The minimum Gasteiger partial charge on any atom is -0.495 e. The van der Waals surface area contributed by atoms with E-state index < -0.39 is 11.7 Å². The van der Waals surface area contributed by atoms with Gasteiger partial charge in [0.2, 0.25) is 0 Å². The van der Waals surface area contributed by atoms with Gasteiger partial charge in [-0.05, 0) is 70.6 Å². The molecule has 3 N–H and O–H groups in total. The van der Waals surface area contributed by atoms with Crippen LogP contribution in [-0.2, 0) is 0 Å². The first kappa shape index (κ1) is 22.5. The summed E-state index contributed by atoms with van der Waals surface area (Å²) in [6, 6.07) is 16.2. The molecule has 31 heavy (non-hydrogen) atoms. The van der Waals surface area contributed by atoms with Crippen LogP contribution in [-0.4, -0.2) is 25.2 Å². The fraction of sp³-hybridized carbons (Fsp3) is 0.0909. The number of hydrogen-bond acceptors (Lipinski definition) is 4. The maximum Gasteiger partial charge on any atom is 0.258 e. The van der Waals surface area contributed by atoms with E-state index in [2.05, 4.69) is 31.9 Å². The molecule has 3 rings (SSSR count). The van der Waals surface area contributed by atoms with Crippen molar-refractivity contribution < 1.29 is 18.7 Å². The van der Waals surface area contributed by atoms with Crippen LogP contribution in [0.1, 0.15) is 10.4 Å². The van der Waals surface area contributed by atoms with Gasteiger partial charge in [0.1, 0.15) is 17.3 Å². The first-order valence-corrected chi connectivity index (χ1v) is 10.3. The van der Waals surface area contributed by atoms with Crippen LogP contribution in [0.4, 0.5) is 21.5 Å². The van der Waals surface area contributed by atoms with Gasteiger partial charge in [-0.15, -0.1) is 0 Å². The average Bonchev–Trinajstić information content (AvgIpc) is 2.75. The van der Waals surface area contributed by atoms with Crippen molar-refractivity contribution in [2.45, 2.75) is 0 Å². The molecule has 0 saturated heterocycles. The number of methoxy groups -OCH3 is 2. The van der Waals surface area contributed by atoms with Crippen LogP contribution in [0.5, 0.6) is 11.5 Å². The molecule has 1 amide bonds. The van der Waals surface area contributed by atoms with Crippen LogP contribution in [0.2, 0.25) is 0 Å². The van der Waals surface area contributed by atoms with Crippen molar-refractivity contribution in [3.63, 3.8) is 0 Å². The van der Waals surface area contributed by atoms with Crippen molar-refractivity contribution in [1.29, 1.82) is 0 Å². The molecule has 9 heteroatoms. The third-order valence-electron chi connectivity index (χ3n) is 4.24. The molecule has 0 aliphatic rings. The van der Waals surface area contributed by atoms with Crippen LogP contribution >= 0.6 is 28.1 Å². The molecule has 0 aliphatic carbocycles. The molecule has 3 aromatic rings. The van der Waals surface area contributed by atoms with Crippen LogP contribution in [0.25, 0.3) is 0 Å². The molecule has 6 nitrogen and oxygen atoms in total. The van der Waals surface area contributed by atoms with Crippen molar-refractivity contribution in [2.75, 3.05) is 30.2 Å². The second-order valence-electron chi connectivity index (χ2n) is 6.28. The monoisotopic (exact) mass is 503 g/mol. The number of rotatable bonds is 6. The Hall–Kier alpha value is -3.17. The third-order valence-corrected chi connectivity index (χ3v) is 5.07. The highest BCUT2D eigenvalue weighted by Crippen LogP contribution is 2.36. The molecule has 0 aliphatic heterocycles. The second-order valence-corrected chi connectivity index (χ2v) is 7.54. The van der Waals surface area contributed by atoms with Crippen LogP contribution in [0, 0.1) is 5.82 Å². The van der Waals surface area contributed by atoms with Crippen LogP contribution in [0.15, 0.2) is 65.1 Å². The van der Waals surface area contributed by atoms with E-state index in [9.17, 15) is 9.18 Å². The lowest BCUT2D eigenvalue weighted by atomic mass is 10.2. The van der Waals surface area contributed by atoms with Crippen LogP contribution in [0.3, 0.4) is 0 Å². The Morgan fingerprint density at radius 1 is 0.903 bits per heavy atom. The number of carbonyl (C=O) groups excluding carboxylic acids is 1. The number of amides is 1. The maximum atomic E-state index is 13.7. The zero-order valence-electron chi connectivity index (χ0n) is 16.7. The van der Waals surface area contributed by atoms with Gasteiger partial charge >= 0.3 is 0 Å². The van der Waals surface area contributed by atoms with Crippen molar-refractivity contribution >= 4 is 56.2 Å². The zero-order valence-corrected chi connectivity index (χ0v) is 19.1. The highest BCUT2D eigenvalue weighted by molar-refractivity contribution is 9.10. The van der Waals surface area contributed by atoms with Crippen LogP contribution < -0.4 is 25.4 Å². The minimum atomic E-state index is -0.574. The lowest BCUT2D eigenvalue weighted by Crippen LogP contribution is -2.19. The number of anilines is 3. The molecule has 160 valence electrons. The Bertz CT molecular complexity index is 1110. The minimum absolute atomic E-state index is 0.0188. The number of carbonyl (C=O) groups is 1. The molecule has 0 radical (unpaired) electrons. The molecule has 3 aromatic carbocycles. The topological polar surface area (TPSA) is 71.6 Å². The van der Waals surface area contributed by atoms with E-state index in [1.54, 1.807) is 56.7 Å². The molecular formula is C22H19BrFN3O3S. The third kappa shape index (κ3) is 5.71. The van der Waals surface area contributed by atoms with Crippen molar-refractivity contribution in [3.05, 3.63) is 76.5 Å². The summed E-state index contributed by atoms with van der Waals surface area (Å²) in [7, 11) is 3.12. The van der Waals surface area contributed by atoms with E-state index in [-0.39, 0.29) is 5.56 Å². The summed E-state index contributed by atoms with van der Waals surface area (Å²) < 4.78 is 25.1. The largest absolute Gasteiger partial charge is 0.495 e. The Morgan fingerprint density at radius 3 is 2.13 bits per heavy atom. The van der Waals surface area contributed by atoms with E-state index in [0.29, 0.717) is 33.7 Å². The first-order chi connectivity index (χ1) is 14.9. The number of thiocarbonyl (C=S) groups is 1. The predicted octanol–water partition coefficient (Wildman–Crippen LogP) is 5.67. The van der Waals surface area contributed by atoms with Gasteiger partial charge in [-0.3, -0.25) is 4.79 Å². The van der Waals surface area contributed by atoms with Gasteiger partial charge in [-0.2, -0.15) is 0 Å². The van der Waals surface area contributed by atoms with Gasteiger partial charge < -0.3 is 25.4 Å². The molecule has 0 spiro atoms. The molecule has 0 fully saturated rings. The number of ether oxygens (including phenoxy) is 2. The highest BCUT2D eigenvalue weighted by atomic mass is 79.9.